The molecular weight excluding hydrogens is 264 g/mol. The summed E-state index contributed by atoms with van der Waals surface area (Å²) in [7, 11) is 0. The Morgan fingerprint density at radius 1 is 1.05 bits per heavy atom. The Morgan fingerprint density at radius 2 is 1.67 bits per heavy atom. The van der Waals surface area contributed by atoms with E-state index in [0.29, 0.717) is 5.57 Å². The van der Waals surface area contributed by atoms with Crippen LogP contribution in [0.1, 0.15) is 71.6 Å². The molecule has 1 aliphatic heterocycles. The lowest BCUT2D eigenvalue weighted by atomic mass is 10.0. The molecule has 0 saturated carbocycles. The maximum Gasteiger partial charge on any atom is 0.336 e. The summed E-state index contributed by atoms with van der Waals surface area (Å²) in [5.74, 6) is -0.352. The van der Waals surface area contributed by atoms with Crippen LogP contribution in [0.15, 0.2) is 23.8 Å². The summed E-state index contributed by atoms with van der Waals surface area (Å²) < 4.78 is 4.97. The summed E-state index contributed by atoms with van der Waals surface area (Å²) in [6.45, 7) is 3.88. The minimum Gasteiger partial charge on any atom is -0.456 e. The monoisotopic (exact) mass is 294 g/mol. The number of aliphatic hydroxyl groups excluding tert-OH is 1. The lowest BCUT2D eigenvalue weighted by Crippen LogP contribution is -2.17. The Bertz CT molecular complexity index is 357. The predicted octanol–water partition coefficient (Wildman–Crippen LogP) is 4.31. The molecule has 2 atom stereocenters. The SMILES string of the molecule is CCC=CCCCCCCCCC=C1C(=O)OC(C)C1O. The van der Waals surface area contributed by atoms with Crippen LogP contribution in [0, 0.1) is 0 Å². The highest BCUT2D eigenvalue weighted by molar-refractivity contribution is 5.92. The number of rotatable bonds is 10. The van der Waals surface area contributed by atoms with Crippen molar-refractivity contribution in [1.29, 1.82) is 0 Å². The fourth-order valence-corrected chi connectivity index (χ4v) is 2.53. The predicted molar refractivity (Wildman–Crippen MR) is 86.0 cm³/mol. The number of aliphatic hydroxyl groups is 1. The highest BCUT2D eigenvalue weighted by Crippen LogP contribution is 2.22. The largest absolute Gasteiger partial charge is 0.456 e. The molecule has 0 spiro atoms. The lowest BCUT2D eigenvalue weighted by Gasteiger charge is -2.04. The van der Waals surface area contributed by atoms with E-state index in [1.807, 2.05) is 6.08 Å². The Kier molecular flexibility index (Phi) is 9.07. The van der Waals surface area contributed by atoms with Crippen molar-refractivity contribution >= 4 is 5.97 Å². The second kappa shape index (κ2) is 10.6. The maximum absolute atomic E-state index is 11.5. The van der Waals surface area contributed by atoms with Crippen molar-refractivity contribution in [3.63, 3.8) is 0 Å². The molecule has 0 aromatic rings. The van der Waals surface area contributed by atoms with Gasteiger partial charge in [-0.05, 0) is 39.0 Å². The molecular formula is C18H30O3. The van der Waals surface area contributed by atoms with Crippen LogP contribution < -0.4 is 0 Å². The zero-order valence-corrected chi connectivity index (χ0v) is 13.5. The second-order valence-corrected chi connectivity index (χ2v) is 5.79. The molecule has 1 aliphatic rings. The van der Waals surface area contributed by atoms with Crippen molar-refractivity contribution in [2.75, 3.05) is 0 Å². The molecule has 1 fully saturated rings. The summed E-state index contributed by atoms with van der Waals surface area (Å²) in [4.78, 5) is 11.5. The summed E-state index contributed by atoms with van der Waals surface area (Å²) in [5, 5.41) is 9.77. The first-order valence-electron chi connectivity index (χ1n) is 8.41. The minimum absolute atomic E-state index is 0.352. The molecule has 1 saturated heterocycles. The van der Waals surface area contributed by atoms with Crippen molar-refractivity contribution in [3.8, 4) is 0 Å². The molecule has 0 aromatic heterocycles. The van der Waals surface area contributed by atoms with Crippen LogP contribution in [-0.2, 0) is 9.53 Å². The van der Waals surface area contributed by atoms with E-state index in [4.69, 9.17) is 4.74 Å². The average molecular weight is 294 g/mol. The van der Waals surface area contributed by atoms with Gasteiger partial charge in [-0.3, -0.25) is 0 Å². The number of allylic oxidation sites excluding steroid dienone is 3. The van der Waals surface area contributed by atoms with E-state index >= 15 is 0 Å². The Balaban J connectivity index is 2.00. The van der Waals surface area contributed by atoms with Gasteiger partial charge in [-0.25, -0.2) is 4.79 Å². The first kappa shape index (κ1) is 18.0. The van der Waals surface area contributed by atoms with Gasteiger partial charge in [-0.15, -0.1) is 0 Å². The van der Waals surface area contributed by atoms with Gasteiger partial charge in [-0.2, -0.15) is 0 Å². The molecule has 0 amide bonds. The maximum atomic E-state index is 11.5. The van der Waals surface area contributed by atoms with E-state index in [0.717, 1.165) is 19.3 Å². The third-order valence-corrected chi connectivity index (χ3v) is 3.88. The van der Waals surface area contributed by atoms with Gasteiger partial charge in [-0.1, -0.05) is 50.8 Å². The van der Waals surface area contributed by atoms with Crippen molar-refractivity contribution < 1.29 is 14.6 Å². The van der Waals surface area contributed by atoms with E-state index in [1.165, 1.54) is 38.5 Å². The fourth-order valence-electron chi connectivity index (χ4n) is 2.53. The van der Waals surface area contributed by atoms with Crippen molar-refractivity contribution in [2.24, 2.45) is 0 Å². The number of carbonyl (C=O) groups excluding carboxylic acids is 1. The van der Waals surface area contributed by atoms with E-state index in [2.05, 4.69) is 19.1 Å². The van der Waals surface area contributed by atoms with Gasteiger partial charge < -0.3 is 9.84 Å². The van der Waals surface area contributed by atoms with Crippen LogP contribution in [0.2, 0.25) is 0 Å². The van der Waals surface area contributed by atoms with Crippen LogP contribution in [0.25, 0.3) is 0 Å². The van der Waals surface area contributed by atoms with E-state index in [1.54, 1.807) is 6.92 Å². The molecule has 1 heterocycles. The molecule has 1 N–H and O–H groups in total. The Labute approximate surface area is 129 Å². The van der Waals surface area contributed by atoms with Gasteiger partial charge in [0.2, 0.25) is 0 Å². The van der Waals surface area contributed by atoms with Crippen LogP contribution >= 0.6 is 0 Å². The zero-order valence-electron chi connectivity index (χ0n) is 13.5. The van der Waals surface area contributed by atoms with Gasteiger partial charge in [0.15, 0.2) is 0 Å². The number of hydrogen-bond acceptors (Lipinski definition) is 3. The summed E-state index contributed by atoms with van der Waals surface area (Å²) in [5.41, 5.74) is 0.449. The molecule has 2 unspecified atom stereocenters. The Morgan fingerprint density at radius 3 is 2.24 bits per heavy atom. The first-order chi connectivity index (χ1) is 10.2. The van der Waals surface area contributed by atoms with E-state index < -0.39 is 12.2 Å². The van der Waals surface area contributed by atoms with Gasteiger partial charge in [0.25, 0.3) is 0 Å². The molecule has 1 rings (SSSR count). The van der Waals surface area contributed by atoms with Gasteiger partial charge in [0.1, 0.15) is 12.2 Å². The third kappa shape index (κ3) is 6.94. The lowest BCUT2D eigenvalue weighted by molar-refractivity contribution is -0.138. The molecule has 0 radical (unpaired) electrons. The van der Waals surface area contributed by atoms with E-state index in [-0.39, 0.29) is 5.97 Å². The number of esters is 1. The summed E-state index contributed by atoms with van der Waals surface area (Å²) in [6, 6.07) is 0. The second-order valence-electron chi connectivity index (χ2n) is 5.79. The molecule has 3 nitrogen and oxygen atoms in total. The molecule has 0 aromatic carbocycles. The number of carbonyl (C=O) groups is 1. The standard InChI is InChI=1S/C18H30O3/c1-3-4-5-6-7-8-9-10-11-12-13-14-16-17(19)15(2)21-18(16)20/h4-5,14-15,17,19H,3,6-13H2,1-2H3. The highest BCUT2D eigenvalue weighted by Gasteiger charge is 2.34. The molecule has 120 valence electrons. The number of unbranched alkanes of at least 4 members (excludes halogenated alkanes) is 7. The minimum atomic E-state index is -0.742. The Hall–Kier alpha value is -1.09. The number of ether oxygens (including phenoxy) is 1. The highest BCUT2D eigenvalue weighted by atomic mass is 16.6. The van der Waals surface area contributed by atoms with Crippen molar-refractivity contribution in [2.45, 2.75) is 83.8 Å². The fraction of sp³-hybridized carbons (Fsp3) is 0.722. The number of cyclic esters (lactones) is 1. The summed E-state index contributed by atoms with van der Waals surface area (Å²) >= 11 is 0. The normalized spacial score (nSPS) is 24.1. The third-order valence-electron chi connectivity index (χ3n) is 3.88. The topological polar surface area (TPSA) is 46.5 Å². The first-order valence-corrected chi connectivity index (χ1v) is 8.41. The molecule has 0 bridgehead atoms. The van der Waals surface area contributed by atoms with Crippen LogP contribution in [0.5, 0.6) is 0 Å². The van der Waals surface area contributed by atoms with Gasteiger partial charge in [0, 0.05) is 0 Å². The smallest absolute Gasteiger partial charge is 0.336 e. The van der Waals surface area contributed by atoms with Crippen LogP contribution in [-0.4, -0.2) is 23.3 Å². The van der Waals surface area contributed by atoms with Crippen molar-refractivity contribution in [1.82, 2.24) is 0 Å². The van der Waals surface area contributed by atoms with Gasteiger partial charge >= 0.3 is 5.97 Å². The summed E-state index contributed by atoms with van der Waals surface area (Å²) in [6.07, 6.45) is 15.8. The van der Waals surface area contributed by atoms with Crippen LogP contribution in [0.4, 0.5) is 0 Å². The van der Waals surface area contributed by atoms with E-state index in [9.17, 15) is 9.90 Å². The number of hydrogen-bond donors (Lipinski definition) is 1. The molecule has 21 heavy (non-hydrogen) atoms. The molecule has 0 aliphatic carbocycles. The van der Waals surface area contributed by atoms with Gasteiger partial charge in [0.05, 0.1) is 5.57 Å². The quantitative estimate of drug-likeness (QED) is 0.283. The zero-order chi connectivity index (χ0) is 15.5. The van der Waals surface area contributed by atoms with Crippen molar-refractivity contribution in [3.05, 3.63) is 23.8 Å². The average Bonchev–Trinajstić information content (AvgIpc) is 2.70. The van der Waals surface area contributed by atoms with Crippen LogP contribution in [0.3, 0.4) is 0 Å². The molecule has 3 heteroatoms.